The van der Waals surface area contributed by atoms with E-state index in [1.165, 1.54) is 38.5 Å². The molecule has 0 aromatic carbocycles. The van der Waals surface area contributed by atoms with Gasteiger partial charge in [-0.1, -0.05) is 0 Å². The number of nitrogens with one attached hydrogen (secondary N) is 1. The number of nitrogens with zero attached hydrogens (tertiary/aromatic N) is 3. The van der Waals surface area contributed by atoms with Gasteiger partial charge in [0.1, 0.15) is 5.82 Å². The molecule has 2 saturated carbocycles. The van der Waals surface area contributed by atoms with E-state index >= 15 is 0 Å². The van der Waals surface area contributed by atoms with Gasteiger partial charge in [0, 0.05) is 23.2 Å². The SMILES string of the molecule is COc1cc(NC2CCC3(CC2)CC3)nc(-c2nc(C)cs2)n1. The van der Waals surface area contributed by atoms with Crippen LogP contribution in [0.4, 0.5) is 5.82 Å². The minimum atomic E-state index is 0.506. The first-order chi connectivity index (χ1) is 11.2. The molecule has 4 rings (SSSR count). The number of hydrogen-bond donors (Lipinski definition) is 1. The van der Waals surface area contributed by atoms with Crippen LogP contribution in [0.15, 0.2) is 11.4 Å². The van der Waals surface area contributed by atoms with E-state index in [2.05, 4.69) is 20.3 Å². The van der Waals surface area contributed by atoms with Crippen molar-refractivity contribution in [3.63, 3.8) is 0 Å². The molecule has 122 valence electrons. The molecule has 2 aliphatic rings. The summed E-state index contributed by atoms with van der Waals surface area (Å²) < 4.78 is 5.34. The highest BCUT2D eigenvalue weighted by Crippen LogP contribution is 2.56. The average Bonchev–Trinajstić information content (AvgIpc) is 3.18. The first-order valence-corrected chi connectivity index (χ1v) is 9.16. The van der Waals surface area contributed by atoms with Gasteiger partial charge in [-0.25, -0.2) is 9.97 Å². The zero-order valence-electron chi connectivity index (χ0n) is 13.6. The van der Waals surface area contributed by atoms with Gasteiger partial charge in [0.15, 0.2) is 10.8 Å². The van der Waals surface area contributed by atoms with Crippen LogP contribution in [0.1, 0.15) is 44.2 Å². The number of rotatable bonds is 4. The van der Waals surface area contributed by atoms with Crippen molar-refractivity contribution in [3.05, 3.63) is 17.1 Å². The Balaban J connectivity index is 1.53. The highest BCUT2D eigenvalue weighted by Gasteiger charge is 2.44. The average molecular weight is 330 g/mol. The van der Waals surface area contributed by atoms with Crippen molar-refractivity contribution in [3.8, 4) is 16.7 Å². The third-order valence-electron chi connectivity index (χ3n) is 5.08. The van der Waals surface area contributed by atoms with Crippen molar-refractivity contribution in [2.24, 2.45) is 5.41 Å². The predicted octanol–water partition coefficient (Wildman–Crippen LogP) is 4.05. The lowest BCUT2D eigenvalue weighted by Crippen LogP contribution is -2.27. The molecular weight excluding hydrogens is 308 g/mol. The van der Waals surface area contributed by atoms with E-state index in [0.29, 0.717) is 23.2 Å². The van der Waals surface area contributed by atoms with Gasteiger partial charge >= 0.3 is 0 Å². The molecule has 6 heteroatoms. The standard InChI is InChI=1S/C17H22N4OS/c1-11-10-23-16(18-11)15-20-13(9-14(21-15)22-2)19-12-3-5-17(6-4-12)7-8-17/h9-10,12H,3-8H2,1-2H3,(H,19,20,21). The van der Waals surface area contributed by atoms with Gasteiger partial charge in [0.05, 0.1) is 7.11 Å². The smallest absolute Gasteiger partial charge is 0.218 e. The van der Waals surface area contributed by atoms with E-state index in [0.717, 1.165) is 16.5 Å². The van der Waals surface area contributed by atoms with Crippen molar-refractivity contribution in [1.29, 1.82) is 0 Å². The Bertz CT molecular complexity index is 700. The first-order valence-electron chi connectivity index (χ1n) is 8.28. The summed E-state index contributed by atoms with van der Waals surface area (Å²) in [6.45, 7) is 1.98. The van der Waals surface area contributed by atoms with Gasteiger partial charge in [0.25, 0.3) is 0 Å². The van der Waals surface area contributed by atoms with E-state index in [1.807, 2.05) is 18.4 Å². The third kappa shape index (κ3) is 3.17. The molecule has 0 unspecified atom stereocenters. The summed E-state index contributed by atoms with van der Waals surface area (Å²) in [6, 6.07) is 2.39. The van der Waals surface area contributed by atoms with Crippen LogP contribution < -0.4 is 10.1 Å². The maximum atomic E-state index is 5.34. The van der Waals surface area contributed by atoms with Crippen LogP contribution in [0.2, 0.25) is 0 Å². The Kier molecular flexibility index (Phi) is 3.71. The maximum Gasteiger partial charge on any atom is 0.218 e. The fraction of sp³-hybridized carbons (Fsp3) is 0.588. The number of aryl methyl sites for hydroxylation is 1. The number of hydrogen-bond acceptors (Lipinski definition) is 6. The second kappa shape index (κ2) is 5.74. The van der Waals surface area contributed by atoms with Crippen molar-refractivity contribution in [2.75, 3.05) is 12.4 Å². The first kappa shape index (κ1) is 14.9. The predicted molar refractivity (Wildman–Crippen MR) is 92.0 cm³/mol. The maximum absolute atomic E-state index is 5.34. The van der Waals surface area contributed by atoms with E-state index < -0.39 is 0 Å². The number of thiazole rings is 1. The molecule has 0 atom stereocenters. The third-order valence-corrected chi connectivity index (χ3v) is 6.03. The van der Waals surface area contributed by atoms with Crippen LogP contribution in [0.3, 0.4) is 0 Å². The van der Waals surface area contributed by atoms with Crippen LogP contribution in [0.25, 0.3) is 10.8 Å². The molecule has 2 fully saturated rings. The van der Waals surface area contributed by atoms with Crippen LogP contribution in [0.5, 0.6) is 5.88 Å². The van der Waals surface area contributed by atoms with Gasteiger partial charge in [0.2, 0.25) is 5.88 Å². The second-order valence-corrected chi connectivity index (χ2v) is 7.69. The molecular formula is C17H22N4OS. The molecule has 0 amide bonds. The second-order valence-electron chi connectivity index (χ2n) is 6.83. The Labute approximate surface area is 140 Å². The summed E-state index contributed by atoms with van der Waals surface area (Å²) in [5.74, 6) is 2.07. The summed E-state index contributed by atoms with van der Waals surface area (Å²) in [4.78, 5) is 13.6. The molecule has 0 aliphatic heterocycles. The highest BCUT2D eigenvalue weighted by atomic mass is 32.1. The minimum Gasteiger partial charge on any atom is -0.481 e. The summed E-state index contributed by atoms with van der Waals surface area (Å²) in [5.41, 5.74) is 1.71. The molecule has 0 saturated heterocycles. The van der Waals surface area contributed by atoms with Crippen LogP contribution in [-0.4, -0.2) is 28.1 Å². The van der Waals surface area contributed by atoms with Gasteiger partial charge in [-0.2, -0.15) is 4.98 Å². The van der Waals surface area contributed by atoms with E-state index in [9.17, 15) is 0 Å². The van der Waals surface area contributed by atoms with Gasteiger partial charge in [-0.05, 0) is 50.9 Å². The van der Waals surface area contributed by atoms with Crippen LogP contribution in [-0.2, 0) is 0 Å². The van der Waals surface area contributed by atoms with Gasteiger partial charge in [-0.15, -0.1) is 11.3 Å². The number of methoxy groups -OCH3 is 1. The highest BCUT2D eigenvalue weighted by molar-refractivity contribution is 7.13. The molecule has 23 heavy (non-hydrogen) atoms. The quantitative estimate of drug-likeness (QED) is 0.916. The van der Waals surface area contributed by atoms with Crippen molar-refractivity contribution < 1.29 is 4.74 Å². The Morgan fingerprint density at radius 2 is 1.96 bits per heavy atom. The lowest BCUT2D eigenvalue weighted by Gasteiger charge is -2.29. The van der Waals surface area contributed by atoms with Gasteiger partial charge in [-0.3, -0.25) is 0 Å². The lowest BCUT2D eigenvalue weighted by molar-refractivity contribution is 0.317. The normalized spacial score (nSPS) is 19.7. The Morgan fingerprint density at radius 1 is 1.17 bits per heavy atom. The molecule has 2 heterocycles. The molecule has 5 nitrogen and oxygen atoms in total. The molecule has 2 aliphatic carbocycles. The molecule has 2 aromatic rings. The molecule has 0 bridgehead atoms. The number of aromatic nitrogens is 3. The van der Waals surface area contributed by atoms with Crippen molar-refractivity contribution in [1.82, 2.24) is 15.0 Å². The Hall–Kier alpha value is -1.69. The minimum absolute atomic E-state index is 0.506. The molecule has 1 N–H and O–H groups in total. The monoisotopic (exact) mass is 330 g/mol. The van der Waals surface area contributed by atoms with Crippen molar-refractivity contribution >= 4 is 17.2 Å². The summed E-state index contributed by atoms with van der Waals surface area (Å²) in [6.07, 6.45) is 8.05. The summed E-state index contributed by atoms with van der Waals surface area (Å²) >= 11 is 1.57. The largest absolute Gasteiger partial charge is 0.481 e. The zero-order valence-corrected chi connectivity index (χ0v) is 14.4. The summed E-state index contributed by atoms with van der Waals surface area (Å²) in [5, 5.41) is 6.44. The zero-order chi connectivity index (χ0) is 15.9. The number of anilines is 1. The topological polar surface area (TPSA) is 59.9 Å². The molecule has 2 aromatic heterocycles. The lowest BCUT2D eigenvalue weighted by atomic mass is 9.83. The molecule has 0 radical (unpaired) electrons. The van der Waals surface area contributed by atoms with Crippen LogP contribution in [0, 0.1) is 12.3 Å². The van der Waals surface area contributed by atoms with E-state index in [-0.39, 0.29) is 0 Å². The summed E-state index contributed by atoms with van der Waals surface area (Å²) in [7, 11) is 1.64. The van der Waals surface area contributed by atoms with Crippen molar-refractivity contribution in [2.45, 2.75) is 51.5 Å². The van der Waals surface area contributed by atoms with Gasteiger partial charge < -0.3 is 10.1 Å². The van der Waals surface area contributed by atoms with E-state index in [1.54, 1.807) is 18.4 Å². The Morgan fingerprint density at radius 3 is 2.57 bits per heavy atom. The van der Waals surface area contributed by atoms with E-state index in [4.69, 9.17) is 4.74 Å². The number of ether oxygens (including phenoxy) is 1. The fourth-order valence-corrected chi connectivity index (χ4v) is 4.14. The van der Waals surface area contributed by atoms with Crippen LogP contribution >= 0.6 is 11.3 Å². The fourth-order valence-electron chi connectivity index (χ4n) is 3.42. The molecule has 1 spiro atoms.